The number of aromatic nitrogens is 2. The Hall–Kier alpha value is -3.66. The monoisotopic (exact) mass is 396 g/mol. The molecule has 0 radical (unpaired) electrons. The third-order valence-electron chi connectivity index (χ3n) is 5.19. The second-order valence-electron chi connectivity index (χ2n) is 7.42. The fourth-order valence-electron chi connectivity index (χ4n) is 3.77. The number of benzene rings is 3. The van der Waals surface area contributed by atoms with Gasteiger partial charge in [0, 0.05) is 5.56 Å². The van der Waals surface area contributed by atoms with Gasteiger partial charge in [0.25, 0.3) is 0 Å². The molecule has 0 unspecified atom stereocenters. The Labute approximate surface area is 176 Å². The lowest BCUT2D eigenvalue weighted by Crippen LogP contribution is -2.06. The second-order valence-corrected chi connectivity index (χ2v) is 7.42. The van der Waals surface area contributed by atoms with Crippen molar-refractivity contribution in [3.05, 3.63) is 95.7 Å². The van der Waals surface area contributed by atoms with Gasteiger partial charge in [-0.25, -0.2) is 9.48 Å². The predicted molar refractivity (Wildman–Crippen MR) is 120 cm³/mol. The zero-order valence-electron chi connectivity index (χ0n) is 17.2. The lowest BCUT2D eigenvalue weighted by atomic mass is 10.00. The number of rotatable bonds is 6. The Bertz CT molecular complexity index is 1180. The molecule has 1 heterocycles. The van der Waals surface area contributed by atoms with Crippen LogP contribution in [0.2, 0.25) is 0 Å². The van der Waals surface area contributed by atoms with Crippen LogP contribution in [0.15, 0.2) is 78.9 Å². The summed E-state index contributed by atoms with van der Waals surface area (Å²) >= 11 is 0. The van der Waals surface area contributed by atoms with Crippen LogP contribution in [0.3, 0.4) is 0 Å². The molecule has 1 aromatic heterocycles. The van der Waals surface area contributed by atoms with E-state index >= 15 is 0 Å². The quantitative estimate of drug-likeness (QED) is 0.424. The van der Waals surface area contributed by atoms with Crippen LogP contribution in [0.1, 0.15) is 35.0 Å². The molecule has 0 aliphatic heterocycles. The molecule has 0 spiro atoms. The Balaban J connectivity index is 1.85. The Morgan fingerprint density at radius 2 is 1.57 bits per heavy atom. The molecule has 0 aliphatic carbocycles. The van der Waals surface area contributed by atoms with Gasteiger partial charge in [-0.1, -0.05) is 80.1 Å². The van der Waals surface area contributed by atoms with Crippen molar-refractivity contribution >= 4 is 5.97 Å². The molecule has 1 N–H and O–H groups in total. The van der Waals surface area contributed by atoms with Gasteiger partial charge in [0.15, 0.2) is 0 Å². The van der Waals surface area contributed by atoms with E-state index in [2.05, 4.69) is 12.1 Å². The minimum absolute atomic E-state index is 0.283. The van der Waals surface area contributed by atoms with E-state index in [4.69, 9.17) is 5.10 Å². The Morgan fingerprint density at radius 3 is 2.20 bits per heavy atom. The fourth-order valence-corrected chi connectivity index (χ4v) is 3.77. The third-order valence-corrected chi connectivity index (χ3v) is 5.19. The third kappa shape index (κ3) is 3.77. The lowest BCUT2D eigenvalue weighted by molar-refractivity contribution is 0.0696. The average Bonchev–Trinajstić information content (AvgIpc) is 3.14. The molecular formula is C26H24N2O2. The molecule has 4 heteroatoms. The number of nitrogens with zero attached hydrogens (tertiary/aromatic N) is 2. The first-order chi connectivity index (χ1) is 14.6. The second kappa shape index (κ2) is 8.37. The maximum absolute atomic E-state index is 12.2. The minimum Gasteiger partial charge on any atom is -0.478 e. The van der Waals surface area contributed by atoms with E-state index in [1.54, 1.807) is 4.68 Å². The molecule has 0 saturated carbocycles. The molecule has 4 nitrogen and oxygen atoms in total. The number of carboxylic acids is 1. The van der Waals surface area contributed by atoms with E-state index in [0.717, 1.165) is 40.1 Å². The van der Waals surface area contributed by atoms with Crippen LogP contribution in [-0.4, -0.2) is 20.9 Å². The molecular weight excluding hydrogens is 372 g/mol. The Morgan fingerprint density at radius 1 is 0.900 bits per heavy atom. The van der Waals surface area contributed by atoms with Crippen LogP contribution < -0.4 is 0 Å². The van der Waals surface area contributed by atoms with E-state index in [0.29, 0.717) is 12.1 Å². The smallest absolute Gasteiger partial charge is 0.339 e. The van der Waals surface area contributed by atoms with E-state index < -0.39 is 5.97 Å². The summed E-state index contributed by atoms with van der Waals surface area (Å²) < 4.78 is 1.79. The van der Waals surface area contributed by atoms with Gasteiger partial charge in [-0.15, -0.1) is 0 Å². The molecule has 150 valence electrons. The molecule has 0 fully saturated rings. The van der Waals surface area contributed by atoms with Crippen LogP contribution in [-0.2, 0) is 6.42 Å². The van der Waals surface area contributed by atoms with Gasteiger partial charge in [0.05, 0.1) is 11.4 Å². The molecule has 0 aliphatic rings. The molecule has 0 atom stereocenters. The first-order valence-electron chi connectivity index (χ1n) is 10.2. The summed E-state index contributed by atoms with van der Waals surface area (Å²) in [6.45, 7) is 4.07. The molecule has 3 aromatic carbocycles. The number of hydrogen-bond acceptors (Lipinski definition) is 2. The minimum atomic E-state index is -0.945. The van der Waals surface area contributed by atoms with Gasteiger partial charge < -0.3 is 5.11 Å². The topological polar surface area (TPSA) is 55.1 Å². The van der Waals surface area contributed by atoms with Crippen molar-refractivity contribution in [1.82, 2.24) is 9.78 Å². The van der Waals surface area contributed by atoms with E-state index in [1.807, 2.05) is 80.6 Å². The van der Waals surface area contributed by atoms with Crippen molar-refractivity contribution in [3.8, 4) is 28.1 Å². The Kier molecular flexibility index (Phi) is 5.48. The normalized spacial score (nSPS) is 10.9. The number of hydrogen-bond donors (Lipinski definition) is 1. The fraction of sp³-hybridized carbons (Fsp3) is 0.154. The van der Waals surface area contributed by atoms with E-state index in [1.165, 1.54) is 0 Å². The standard InChI is InChI=1S/C26H24N2O2/c1-3-8-23-24(26(29)30)25(27-28(23)22-12-7-9-18(2)17-22)21-15-13-20(14-16-21)19-10-5-4-6-11-19/h4-7,9-17H,3,8H2,1-2H3,(H,29,30). The van der Waals surface area contributed by atoms with Crippen LogP contribution in [0.5, 0.6) is 0 Å². The van der Waals surface area contributed by atoms with Gasteiger partial charge in [-0.2, -0.15) is 5.10 Å². The summed E-state index contributed by atoms with van der Waals surface area (Å²) in [5, 5.41) is 14.8. The number of aryl methyl sites for hydroxylation is 1. The highest BCUT2D eigenvalue weighted by Crippen LogP contribution is 2.30. The SMILES string of the molecule is CCCc1c(C(=O)O)c(-c2ccc(-c3ccccc3)cc2)nn1-c1cccc(C)c1. The highest BCUT2D eigenvalue weighted by molar-refractivity contribution is 5.96. The van der Waals surface area contributed by atoms with Gasteiger partial charge >= 0.3 is 5.97 Å². The van der Waals surface area contributed by atoms with Crippen molar-refractivity contribution in [1.29, 1.82) is 0 Å². The van der Waals surface area contributed by atoms with Crippen molar-refractivity contribution in [3.63, 3.8) is 0 Å². The highest BCUT2D eigenvalue weighted by atomic mass is 16.4. The van der Waals surface area contributed by atoms with E-state index in [9.17, 15) is 9.90 Å². The maximum atomic E-state index is 12.2. The van der Waals surface area contributed by atoms with Crippen LogP contribution >= 0.6 is 0 Å². The summed E-state index contributed by atoms with van der Waals surface area (Å²) in [6.07, 6.45) is 1.48. The summed E-state index contributed by atoms with van der Waals surface area (Å²) in [4.78, 5) is 12.2. The first-order valence-corrected chi connectivity index (χ1v) is 10.2. The number of aromatic carboxylic acids is 1. The van der Waals surface area contributed by atoms with Gasteiger partial charge in [0.1, 0.15) is 11.3 Å². The van der Waals surface area contributed by atoms with Crippen molar-refractivity contribution in [2.24, 2.45) is 0 Å². The van der Waals surface area contributed by atoms with Crippen molar-refractivity contribution in [2.75, 3.05) is 0 Å². The van der Waals surface area contributed by atoms with Gasteiger partial charge in [0.2, 0.25) is 0 Å². The van der Waals surface area contributed by atoms with Crippen LogP contribution in [0.25, 0.3) is 28.1 Å². The molecule has 4 rings (SSSR count). The summed E-state index contributed by atoms with van der Waals surface area (Å²) in [6, 6.07) is 26.0. The molecule has 0 amide bonds. The number of carbonyl (C=O) groups is 1. The number of carboxylic acid groups (broad SMARTS) is 1. The average molecular weight is 396 g/mol. The summed E-state index contributed by atoms with van der Waals surface area (Å²) in [7, 11) is 0. The largest absolute Gasteiger partial charge is 0.478 e. The molecule has 0 saturated heterocycles. The molecule has 4 aromatic rings. The highest BCUT2D eigenvalue weighted by Gasteiger charge is 2.24. The van der Waals surface area contributed by atoms with Crippen molar-refractivity contribution in [2.45, 2.75) is 26.7 Å². The van der Waals surface area contributed by atoms with Gasteiger partial charge in [-0.05, 0) is 42.2 Å². The maximum Gasteiger partial charge on any atom is 0.339 e. The lowest BCUT2D eigenvalue weighted by Gasteiger charge is -2.08. The van der Waals surface area contributed by atoms with Crippen LogP contribution in [0, 0.1) is 6.92 Å². The molecule has 0 bridgehead atoms. The zero-order chi connectivity index (χ0) is 21.1. The summed E-state index contributed by atoms with van der Waals surface area (Å²) in [5.74, 6) is -0.945. The van der Waals surface area contributed by atoms with E-state index in [-0.39, 0.29) is 5.56 Å². The summed E-state index contributed by atoms with van der Waals surface area (Å²) in [5.41, 5.74) is 6.53. The van der Waals surface area contributed by atoms with Crippen LogP contribution in [0.4, 0.5) is 0 Å². The molecule has 30 heavy (non-hydrogen) atoms. The zero-order valence-corrected chi connectivity index (χ0v) is 17.2. The first kappa shape index (κ1) is 19.6. The van der Waals surface area contributed by atoms with Crippen molar-refractivity contribution < 1.29 is 9.90 Å². The predicted octanol–water partition coefficient (Wildman–Crippen LogP) is 6.17. The van der Waals surface area contributed by atoms with Gasteiger partial charge in [-0.3, -0.25) is 0 Å².